The van der Waals surface area contributed by atoms with Crippen LogP contribution in [0.2, 0.25) is 0 Å². The quantitative estimate of drug-likeness (QED) is 0.496. The number of hydrogen-bond donors (Lipinski definition) is 0. The molecule has 6 nitrogen and oxygen atoms in total. The molecule has 29 heavy (non-hydrogen) atoms. The Bertz CT molecular complexity index is 1140. The molecule has 0 fully saturated rings. The lowest BCUT2D eigenvalue weighted by atomic mass is 10.1. The van der Waals surface area contributed by atoms with Gasteiger partial charge in [-0.1, -0.05) is 54.3 Å². The van der Waals surface area contributed by atoms with E-state index in [1.54, 1.807) is 24.3 Å². The Morgan fingerprint density at radius 2 is 1.79 bits per heavy atom. The highest BCUT2D eigenvalue weighted by Gasteiger charge is 2.07. The van der Waals surface area contributed by atoms with E-state index in [1.807, 2.05) is 60.7 Å². The summed E-state index contributed by atoms with van der Waals surface area (Å²) >= 11 is 0. The third-order valence-corrected chi connectivity index (χ3v) is 4.30. The molecule has 0 saturated heterocycles. The molecule has 6 heteroatoms. The molecule has 0 spiro atoms. The highest BCUT2D eigenvalue weighted by molar-refractivity contribution is 5.55. The average Bonchev–Trinajstić information content (AvgIpc) is 3.24. The molecular formula is C23H19N5O. The van der Waals surface area contributed by atoms with Crippen molar-refractivity contribution in [2.24, 2.45) is 0 Å². The van der Waals surface area contributed by atoms with Crippen molar-refractivity contribution in [1.82, 2.24) is 25.2 Å². The topological polar surface area (TPSA) is 65.7 Å². The van der Waals surface area contributed by atoms with Crippen LogP contribution < -0.4 is 4.74 Å². The van der Waals surface area contributed by atoms with Crippen molar-refractivity contribution in [3.8, 4) is 29.0 Å². The van der Waals surface area contributed by atoms with Gasteiger partial charge in [-0.3, -0.25) is 4.98 Å². The molecule has 2 aromatic heterocycles. The zero-order valence-corrected chi connectivity index (χ0v) is 16.0. The summed E-state index contributed by atoms with van der Waals surface area (Å²) in [4.78, 5) is 5.84. The standard InChI is InChI=1S/C23H19N5O/c1-29-22-12-10-18(11-13-22)8-5-9-20-14-21(16-24-15-20)23-25-27-28(26-23)17-19-6-3-2-4-7-19/h2-4,6-7,10-16H,8,17H2,1H3. The molecule has 0 saturated carbocycles. The van der Waals surface area contributed by atoms with E-state index >= 15 is 0 Å². The van der Waals surface area contributed by atoms with Crippen LogP contribution in [0.15, 0.2) is 73.1 Å². The zero-order valence-electron chi connectivity index (χ0n) is 16.0. The van der Waals surface area contributed by atoms with Crippen LogP contribution in [0.3, 0.4) is 0 Å². The molecule has 0 aliphatic rings. The Morgan fingerprint density at radius 3 is 2.59 bits per heavy atom. The molecule has 2 heterocycles. The first-order valence-corrected chi connectivity index (χ1v) is 9.19. The zero-order chi connectivity index (χ0) is 19.9. The summed E-state index contributed by atoms with van der Waals surface area (Å²) in [5.41, 5.74) is 3.86. The molecule has 0 aliphatic heterocycles. The summed E-state index contributed by atoms with van der Waals surface area (Å²) in [5.74, 6) is 7.71. The van der Waals surface area contributed by atoms with Gasteiger partial charge in [0.15, 0.2) is 0 Å². The fraction of sp³-hybridized carbons (Fsp3) is 0.130. The van der Waals surface area contributed by atoms with Crippen LogP contribution >= 0.6 is 0 Å². The number of tetrazole rings is 1. The number of ether oxygens (including phenoxy) is 1. The van der Waals surface area contributed by atoms with Gasteiger partial charge in [0.25, 0.3) is 0 Å². The Kier molecular flexibility index (Phi) is 5.58. The highest BCUT2D eigenvalue weighted by Crippen LogP contribution is 2.14. The number of benzene rings is 2. The van der Waals surface area contributed by atoms with Gasteiger partial charge >= 0.3 is 0 Å². The van der Waals surface area contributed by atoms with Gasteiger partial charge in [-0.15, -0.1) is 10.2 Å². The molecule has 4 rings (SSSR count). The van der Waals surface area contributed by atoms with E-state index in [1.165, 1.54) is 0 Å². The maximum absolute atomic E-state index is 5.17. The van der Waals surface area contributed by atoms with Crippen molar-refractivity contribution in [3.05, 3.63) is 89.7 Å². The number of hydrogen-bond acceptors (Lipinski definition) is 5. The van der Waals surface area contributed by atoms with Crippen LogP contribution in [0, 0.1) is 11.8 Å². The van der Waals surface area contributed by atoms with Gasteiger partial charge in [-0.25, -0.2) is 0 Å². The summed E-state index contributed by atoms with van der Waals surface area (Å²) < 4.78 is 5.17. The van der Waals surface area contributed by atoms with Crippen LogP contribution in [-0.4, -0.2) is 32.3 Å². The predicted molar refractivity (Wildman–Crippen MR) is 110 cm³/mol. The van der Waals surface area contributed by atoms with Crippen LogP contribution in [0.4, 0.5) is 0 Å². The first kappa shape index (κ1) is 18.4. The van der Waals surface area contributed by atoms with Gasteiger partial charge in [-0.05, 0) is 34.5 Å². The van der Waals surface area contributed by atoms with Gasteiger partial charge in [0, 0.05) is 29.9 Å². The SMILES string of the molecule is COc1ccc(CC#Cc2cncc(-c3nnn(Cc4ccccc4)n3)c2)cc1. The van der Waals surface area contributed by atoms with E-state index in [2.05, 4.69) is 32.2 Å². The predicted octanol–water partition coefficient (Wildman–Crippen LogP) is 3.39. The number of methoxy groups -OCH3 is 1. The molecule has 0 aliphatic carbocycles. The first-order valence-electron chi connectivity index (χ1n) is 9.19. The van der Waals surface area contributed by atoms with E-state index in [-0.39, 0.29) is 0 Å². The van der Waals surface area contributed by atoms with Crippen molar-refractivity contribution in [2.45, 2.75) is 13.0 Å². The second kappa shape index (κ2) is 8.81. The van der Waals surface area contributed by atoms with Gasteiger partial charge in [0.2, 0.25) is 5.82 Å². The summed E-state index contributed by atoms with van der Waals surface area (Å²) in [6.45, 7) is 0.572. The van der Waals surface area contributed by atoms with Gasteiger partial charge in [-0.2, -0.15) is 4.80 Å². The lowest BCUT2D eigenvalue weighted by molar-refractivity contribution is 0.414. The minimum atomic E-state index is 0.534. The molecule has 0 radical (unpaired) electrons. The van der Waals surface area contributed by atoms with Crippen molar-refractivity contribution >= 4 is 0 Å². The van der Waals surface area contributed by atoms with Gasteiger partial charge in [0.1, 0.15) is 5.75 Å². The van der Waals surface area contributed by atoms with E-state index in [9.17, 15) is 0 Å². The molecule has 142 valence electrons. The molecule has 2 aromatic carbocycles. The second-order valence-electron chi connectivity index (χ2n) is 6.42. The number of nitrogens with zero attached hydrogens (tertiary/aromatic N) is 5. The summed E-state index contributed by atoms with van der Waals surface area (Å²) in [7, 11) is 1.66. The van der Waals surface area contributed by atoms with Crippen molar-refractivity contribution in [2.75, 3.05) is 7.11 Å². The Hall–Kier alpha value is -3.98. The van der Waals surface area contributed by atoms with Gasteiger partial charge in [0.05, 0.1) is 13.7 Å². The largest absolute Gasteiger partial charge is 0.497 e. The summed E-state index contributed by atoms with van der Waals surface area (Å²) in [6.07, 6.45) is 4.11. The fourth-order valence-corrected chi connectivity index (χ4v) is 2.79. The van der Waals surface area contributed by atoms with E-state index in [0.29, 0.717) is 18.8 Å². The molecule has 4 aromatic rings. The fourth-order valence-electron chi connectivity index (χ4n) is 2.79. The molecule has 0 N–H and O–H groups in total. The minimum absolute atomic E-state index is 0.534. The van der Waals surface area contributed by atoms with Crippen molar-refractivity contribution in [3.63, 3.8) is 0 Å². The first-order chi connectivity index (χ1) is 14.3. The smallest absolute Gasteiger partial charge is 0.206 e. The van der Waals surface area contributed by atoms with Crippen LogP contribution in [-0.2, 0) is 13.0 Å². The van der Waals surface area contributed by atoms with E-state index in [0.717, 1.165) is 28.0 Å². The highest BCUT2D eigenvalue weighted by atomic mass is 16.5. The maximum Gasteiger partial charge on any atom is 0.206 e. The van der Waals surface area contributed by atoms with Gasteiger partial charge < -0.3 is 4.74 Å². The molecule has 0 unspecified atom stereocenters. The summed E-state index contributed by atoms with van der Waals surface area (Å²) in [6, 6.07) is 19.8. The second-order valence-corrected chi connectivity index (χ2v) is 6.42. The third kappa shape index (κ3) is 4.85. The summed E-state index contributed by atoms with van der Waals surface area (Å²) in [5, 5.41) is 12.7. The van der Waals surface area contributed by atoms with Crippen LogP contribution in [0.25, 0.3) is 11.4 Å². The number of aromatic nitrogens is 5. The minimum Gasteiger partial charge on any atom is -0.497 e. The monoisotopic (exact) mass is 381 g/mol. The van der Waals surface area contributed by atoms with E-state index in [4.69, 9.17) is 4.74 Å². The molecular weight excluding hydrogens is 362 g/mol. The van der Waals surface area contributed by atoms with Crippen LogP contribution in [0.1, 0.15) is 16.7 Å². The molecule has 0 amide bonds. The lowest BCUT2D eigenvalue weighted by Crippen LogP contribution is -2.03. The van der Waals surface area contributed by atoms with Crippen molar-refractivity contribution in [1.29, 1.82) is 0 Å². The number of rotatable bonds is 5. The Balaban J connectivity index is 1.45. The normalized spacial score (nSPS) is 10.2. The molecule has 0 bridgehead atoms. The third-order valence-electron chi connectivity index (χ3n) is 4.30. The number of pyridine rings is 1. The Labute approximate surface area is 169 Å². The van der Waals surface area contributed by atoms with E-state index < -0.39 is 0 Å². The van der Waals surface area contributed by atoms with Crippen LogP contribution in [0.5, 0.6) is 5.75 Å². The lowest BCUT2D eigenvalue weighted by Gasteiger charge is -1.99. The average molecular weight is 381 g/mol. The van der Waals surface area contributed by atoms with Crippen molar-refractivity contribution < 1.29 is 4.74 Å². The Morgan fingerprint density at radius 1 is 0.966 bits per heavy atom. The molecule has 0 atom stereocenters. The maximum atomic E-state index is 5.17.